The zero-order chi connectivity index (χ0) is 12.6. The van der Waals surface area contributed by atoms with Crippen molar-refractivity contribution in [2.45, 2.75) is 18.3 Å². The van der Waals surface area contributed by atoms with Crippen LogP contribution in [0.15, 0.2) is 30.5 Å². The van der Waals surface area contributed by atoms with Crippen LogP contribution < -0.4 is 4.74 Å². The molecule has 1 aromatic heterocycles. The fraction of sp³-hybridized carbons (Fsp3) is 0.357. The van der Waals surface area contributed by atoms with E-state index >= 15 is 0 Å². The normalized spacial score (nSPS) is 16.6. The third-order valence-corrected chi connectivity index (χ3v) is 3.63. The van der Waals surface area contributed by atoms with E-state index in [0.717, 1.165) is 35.7 Å². The van der Waals surface area contributed by atoms with Crippen molar-refractivity contribution in [2.24, 2.45) is 0 Å². The van der Waals surface area contributed by atoms with Gasteiger partial charge in [0, 0.05) is 5.56 Å². The Morgan fingerprint density at radius 3 is 2.83 bits per heavy atom. The monoisotopic (exact) mass is 244 g/mol. The Kier molecular flexibility index (Phi) is 2.59. The lowest BCUT2D eigenvalue weighted by Crippen LogP contribution is -2.13. The average molecular weight is 244 g/mol. The molecule has 1 saturated carbocycles. The number of methoxy groups -OCH3 is 1. The molecule has 0 bridgehead atoms. The topological polar surface area (TPSA) is 58.1 Å². The summed E-state index contributed by atoms with van der Waals surface area (Å²) in [6.45, 7) is 0.159. The third-order valence-electron chi connectivity index (χ3n) is 3.63. The first-order chi connectivity index (χ1) is 8.79. The van der Waals surface area contributed by atoms with Crippen molar-refractivity contribution >= 4 is 0 Å². The van der Waals surface area contributed by atoms with E-state index in [1.54, 1.807) is 7.11 Å². The number of aliphatic hydroxyl groups is 1. The molecular formula is C14H16N2O2. The van der Waals surface area contributed by atoms with Crippen LogP contribution >= 0.6 is 0 Å². The van der Waals surface area contributed by atoms with Gasteiger partial charge in [-0.15, -0.1) is 0 Å². The van der Waals surface area contributed by atoms with E-state index in [1.807, 2.05) is 30.5 Å². The quantitative estimate of drug-likeness (QED) is 0.866. The Hall–Kier alpha value is -1.81. The van der Waals surface area contributed by atoms with Crippen molar-refractivity contribution in [1.82, 2.24) is 9.97 Å². The Labute approximate surface area is 106 Å². The number of aromatic nitrogens is 2. The van der Waals surface area contributed by atoms with Gasteiger partial charge < -0.3 is 14.8 Å². The molecule has 0 saturated heterocycles. The minimum atomic E-state index is -0.125. The van der Waals surface area contributed by atoms with Crippen LogP contribution in [0.4, 0.5) is 0 Å². The molecule has 0 aliphatic heterocycles. The van der Waals surface area contributed by atoms with Crippen molar-refractivity contribution in [3.63, 3.8) is 0 Å². The van der Waals surface area contributed by atoms with Gasteiger partial charge in [0.1, 0.15) is 11.6 Å². The van der Waals surface area contributed by atoms with Gasteiger partial charge in [0.2, 0.25) is 0 Å². The number of H-pyrrole nitrogens is 1. The molecule has 2 aromatic rings. The van der Waals surface area contributed by atoms with Crippen LogP contribution in [0.3, 0.4) is 0 Å². The summed E-state index contributed by atoms with van der Waals surface area (Å²) in [5.74, 6) is 1.70. The molecule has 2 N–H and O–H groups in total. The summed E-state index contributed by atoms with van der Waals surface area (Å²) >= 11 is 0. The first-order valence-electron chi connectivity index (χ1n) is 6.09. The smallest absolute Gasteiger partial charge is 0.128 e. The molecule has 0 radical (unpaired) electrons. The minimum absolute atomic E-state index is 0.125. The lowest BCUT2D eigenvalue weighted by atomic mass is 10.1. The maximum Gasteiger partial charge on any atom is 0.128 e. The van der Waals surface area contributed by atoms with Gasteiger partial charge in [0.15, 0.2) is 0 Å². The van der Waals surface area contributed by atoms with Gasteiger partial charge in [-0.25, -0.2) is 4.98 Å². The summed E-state index contributed by atoms with van der Waals surface area (Å²) in [5, 5.41) is 9.41. The largest absolute Gasteiger partial charge is 0.496 e. The summed E-state index contributed by atoms with van der Waals surface area (Å²) in [5.41, 5.74) is 1.80. The highest BCUT2D eigenvalue weighted by molar-refractivity contribution is 5.66. The standard InChI is InChI=1S/C14H16N2O2/c1-18-12-5-3-2-4-10(12)11-8-15-13(16-11)14(9-17)6-7-14/h2-5,8,17H,6-7,9H2,1H3,(H,15,16). The highest BCUT2D eigenvalue weighted by atomic mass is 16.5. The van der Waals surface area contributed by atoms with Crippen LogP contribution in [0.1, 0.15) is 18.7 Å². The van der Waals surface area contributed by atoms with Gasteiger partial charge in [0.05, 0.1) is 31.0 Å². The summed E-state index contributed by atoms with van der Waals surface area (Å²) < 4.78 is 5.34. The van der Waals surface area contributed by atoms with E-state index in [9.17, 15) is 5.11 Å². The van der Waals surface area contributed by atoms with Crippen molar-refractivity contribution in [3.05, 3.63) is 36.3 Å². The number of para-hydroxylation sites is 1. The zero-order valence-corrected chi connectivity index (χ0v) is 10.3. The molecule has 0 atom stereocenters. The third kappa shape index (κ3) is 1.69. The van der Waals surface area contributed by atoms with E-state index in [1.165, 1.54) is 0 Å². The molecule has 18 heavy (non-hydrogen) atoms. The molecule has 3 rings (SSSR count). The summed E-state index contributed by atoms with van der Waals surface area (Å²) in [4.78, 5) is 7.71. The molecule has 1 aliphatic carbocycles. The van der Waals surface area contributed by atoms with Crippen LogP contribution in [0.2, 0.25) is 0 Å². The van der Waals surface area contributed by atoms with Crippen LogP contribution in [-0.4, -0.2) is 28.8 Å². The summed E-state index contributed by atoms with van der Waals surface area (Å²) in [6, 6.07) is 7.83. The Balaban J connectivity index is 1.98. The molecule has 1 aliphatic rings. The predicted molar refractivity (Wildman–Crippen MR) is 68.6 cm³/mol. The molecular weight excluding hydrogens is 228 g/mol. The average Bonchev–Trinajstić information content (AvgIpc) is 3.08. The molecule has 4 heteroatoms. The van der Waals surface area contributed by atoms with E-state index in [4.69, 9.17) is 4.74 Å². The maximum atomic E-state index is 9.41. The number of nitrogens with zero attached hydrogens (tertiary/aromatic N) is 1. The second-order valence-corrected chi connectivity index (χ2v) is 4.78. The number of benzene rings is 1. The number of aliphatic hydroxyl groups excluding tert-OH is 1. The molecule has 0 amide bonds. The molecule has 0 unspecified atom stereocenters. The Morgan fingerprint density at radius 1 is 1.39 bits per heavy atom. The zero-order valence-electron chi connectivity index (χ0n) is 10.3. The summed E-state index contributed by atoms with van der Waals surface area (Å²) in [7, 11) is 1.66. The van der Waals surface area contributed by atoms with Gasteiger partial charge in [-0.3, -0.25) is 0 Å². The van der Waals surface area contributed by atoms with Crippen molar-refractivity contribution in [3.8, 4) is 17.0 Å². The second kappa shape index (κ2) is 4.14. The number of ether oxygens (including phenoxy) is 1. The first-order valence-corrected chi connectivity index (χ1v) is 6.09. The number of rotatable bonds is 4. The maximum absolute atomic E-state index is 9.41. The number of hydrogen-bond donors (Lipinski definition) is 2. The van der Waals surface area contributed by atoms with Crippen LogP contribution in [0.25, 0.3) is 11.3 Å². The predicted octanol–water partition coefficient (Wildman–Crippen LogP) is 2.11. The van der Waals surface area contributed by atoms with Crippen LogP contribution in [-0.2, 0) is 5.41 Å². The Bertz CT molecular complexity index is 558. The first kappa shape index (κ1) is 11.3. The number of imidazole rings is 1. The van der Waals surface area contributed by atoms with E-state index < -0.39 is 0 Å². The van der Waals surface area contributed by atoms with E-state index in [2.05, 4.69) is 9.97 Å². The second-order valence-electron chi connectivity index (χ2n) is 4.78. The van der Waals surface area contributed by atoms with Crippen LogP contribution in [0, 0.1) is 0 Å². The highest BCUT2D eigenvalue weighted by Crippen LogP contribution is 2.46. The highest BCUT2D eigenvalue weighted by Gasteiger charge is 2.46. The number of hydrogen-bond acceptors (Lipinski definition) is 3. The lowest BCUT2D eigenvalue weighted by molar-refractivity contribution is 0.250. The summed E-state index contributed by atoms with van der Waals surface area (Å²) in [6.07, 6.45) is 3.81. The number of aromatic amines is 1. The van der Waals surface area contributed by atoms with Crippen molar-refractivity contribution in [1.29, 1.82) is 0 Å². The van der Waals surface area contributed by atoms with Gasteiger partial charge in [-0.1, -0.05) is 12.1 Å². The molecule has 1 fully saturated rings. The number of nitrogens with one attached hydrogen (secondary N) is 1. The van der Waals surface area contributed by atoms with E-state index in [-0.39, 0.29) is 12.0 Å². The van der Waals surface area contributed by atoms with E-state index in [0.29, 0.717) is 0 Å². The molecule has 1 heterocycles. The van der Waals surface area contributed by atoms with Gasteiger partial charge in [0.25, 0.3) is 0 Å². The van der Waals surface area contributed by atoms with Gasteiger partial charge >= 0.3 is 0 Å². The minimum Gasteiger partial charge on any atom is -0.496 e. The molecule has 0 spiro atoms. The molecule has 4 nitrogen and oxygen atoms in total. The van der Waals surface area contributed by atoms with Crippen LogP contribution in [0.5, 0.6) is 5.75 Å². The van der Waals surface area contributed by atoms with Crippen molar-refractivity contribution in [2.75, 3.05) is 13.7 Å². The fourth-order valence-corrected chi connectivity index (χ4v) is 2.22. The molecule has 1 aromatic carbocycles. The lowest BCUT2D eigenvalue weighted by Gasteiger charge is -2.08. The van der Waals surface area contributed by atoms with Gasteiger partial charge in [-0.2, -0.15) is 0 Å². The van der Waals surface area contributed by atoms with Crippen molar-refractivity contribution < 1.29 is 9.84 Å². The van der Waals surface area contributed by atoms with Gasteiger partial charge in [-0.05, 0) is 25.0 Å². The molecule has 94 valence electrons. The fourth-order valence-electron chi connectivity index (χ4n) is 2.22. The Morgan fingerprint density at radius 2 is 2.17 bits per heavy atom. The SMILES string of the molecule is COc1ccccc1-c1cnc(C2(CO)CC2)[nH]1.